The zero-order valence-corrected chi connectivity index (χ0v) is 11.3. The number of nitrogens with zero attached hydrogens (tertiary/aromatic N) is 1. The molecule has 6 heteroatoms. The van der Waals surface area contributed by atoms with E-state index in [1.165, 1.54) is 0 Å². The first-order chi connectivity index (χ1) is 9.00. The van der Waals surface area contributed by atoms with Gasteiger partial charge in [0.1, 0.15) is 0 Å². The van der Waals surface area contributed by atoms with E-state index >= 15 is 0 Å². The third-order valence-corrected chi connectivity index (χ3v) is 3.73. The van der Waals surface area contributed by atoms with Crippen molar-refractivity contribution in [2.45, 2.75) is 18.9 Å². The lowest BCUT2D eigenvalue weighted by Crippen LogP contribution is -2.44. The minimum atomic E-state index is -1.06. The molecule has 1 aromatic carbocycles. The molecule has 0 radical (unpaired) electrons. The standard InChI is InChI=1S/C13H15ClF2N2O/c1-18(8-2-4-17-5-3-8)13(19)9-6-11(15)12(16)7-10(9)14/h6-8,17H,2-5H2,1H3. The molecule has 0 atom stereocenters. The Hall–Kier alpha value is -1.20. The van der Waals surface area contributed by atoms with Crippen molar-refractivity contribution in [2.75, 3.05) is 20.1 Å². The smallest absolute Gasteiger partial charge is 0.255 e. The highest BCUT2D eigenvalue weighted by atomic mass is 35.5. The van der Waals surface area contributed by atoms with Crippen molar-refractivity contribution in [1.29, 1.82) is 0 Å². The van der Waals surface area contributed by atoms with Crippen LogP contribution in [0.5, 0.6) is 0 Å². The number of carbonyl (C=O) groups is 1. The summed E-state index contributed by atoms with van der Waals surface area (Å²) in [7, 11) is 1.66. The minimum absolute atomic E-state index is 0.00148. The maximum Gasteiger partial charge on any atom is 0.255 e. The lowest BCUT2D eigenvalue weighted by molar-refractivity contribution is 0.0703. The van der Waals surface area contributed by atoms with Crippen molar-refractivity contribution in [2.24, 2.45) is 0 Å². The molecule has 2 rings (SSSR count). The maximum absolute atomic E-state index is 13.2. The van der Waals surface area contributed by atoms with E-state index in [4.69, 9.17) is 11.6 Å². The third kappa shape index (κ3) is 3.04. The number of amides is 1. The molecular weight excluding hydrogens is 274 g/mol. The molecule has 0 bridgehead atoms. The molecule has 1 amide bonds. The average molecular weight is 289 g/mol. The van der Waals surface area contributed by atoms with Crippen LogP contribution < -0.4 is 5.32 Å². The van der Waals surface area contributed by atoms with Gasteiger partial charge in [0.25, 0.3) is 5.91 Å². The van der Waals surface area contributed by atoms with Gasteiger partial charge in [-0.1, -0.05) is 11.6 Å². The van der Waals surface area contributed by atoms with Crippen LogP contribution in [0.25, 0.3) is 0 Å². The number of rotatable bonds is 2. The van der Waals surface area contributed by atoms with Gasteiger partial charge in [0.05, 0.1) is 10.6 Å². The van der Waals surface area contributed by atoms with Gasteiger partial charge < -0.3 is 10.2 Å². The lowest BCUT2D eigenvalue weighted by Gasteiger charge is -2.31. The van der Waals surface area contributed by atoms with Gasteiger partial charge in [0.2, 0.25) is 0 Å². The van der Waals surface area contributed by atoms with E-state index in [0.29, 0.717) is 0 Å². The maximum atomic E-state index is 13.2. The first kappa shape index (κ1) is 14.2. The van der Waals surface area contributed by atoms with Crippen LogP contribution >= 0.6 is 11.6 Å². The van der Waals surface area contributed by atoms with Gasteiger partial charge in [-0.2, -0.15) is 0 Å². The van der Waals surface area contributed by atoms with Crippen LogP contribution in [0, 0.1) is 11.6 Å². The fraction of sp³-hybridized carbons (Fsp3) is 0.462. The number of hydrogen-bond donors (Lipinski definition) is 1. The summed E-state index contributed by atoms with van der Waals surface area (Å²) in [6.45, 7) is 1.68. The number of nitrogens with one attached hydrogen (secondary N) is 1. The summed E-state index contributed by atoms with van der Waals surface area (Å²) in [6, 6.07) is 1.79. The molecule has 19 heavy (non-hydrogen) atoms. The zero-order valence-electron chi connectivity index (χ0n) is 10.5. The quantitative estimate of drug-likeness (QED) is 0.848. The monoisotopic (exact) mass is 288 g/mol. The molecule has 104 valence electrons. The molecule has 1 aromatic rings. The van der Waals surface area contributed by atoms with Crippen molar-refractivity contribution in [3.8, 4) is 0 Å². The van der Waals surface area contributed by atoms with E-state index in [1.807, 2.05) is 0 Å². The van der Waals surface area contributed by atoms with Crippen LogP contribution in [0.4, 0.5) is 8.78 Å². The molecule has 1 saturated heterocycles. The Kier molecular flexibility index (Phi) is 4.37. The molecule has 0 aromatic heterocycles. The predicted molar refractivity (Wildman–Crippen MR) is 69.4 cm³/mol. The number of benzene rings is 1. The normalized spacial score (nSPS) is 16.4. The van der Waals surface area contributed by atoms with Crippen LogP contribution in [-0.4, -0.2) is 37.0 Å². The van der Waals surface area contributed by atoms with E-state index in [2.05, 4.69) is 5.32 Å². The molecular formula is C13H15ClF2N2O. The second-order valence-electron chi connectivity index (χ2n) is 4.64. The molecule has 1 aliphatic rings. The SMILES string of the molecule is CN(C(=O)c1cc(F)c(F)cc1Cl)C1CCNCC1. The third-order valence-electron chi connectivity index (χ3n) is 3.42. The minimum Gasteiger partial charge on any atom is -0.339 e. The molecule has 0 aliphatic carbocycles. The summed E-state index contributed by atoms with van der Waals surface area (Å²) in [5, 5.41) is 3.14. The van der Waals surface area contributed by atoms with Gasteiger partial charge in [0, 0.05) is 13.1 Å². The highest BCUT2D eigenvalue weighted by Gasteiger charge is 2.25. The molecule has 0 saturated carbocycles. The van der Waals surface area contributed by atoms with E-state index in [0.717, 1.165) is 38.1 Å². The fourth-order valence-corrected chi connectivity index (χ4v) is 2.47. The molecule has 1 fully saturated rings. The van der Waals surface area contributed by atoms with Crippen molar-refractivity contribution < 1.29 is 13.6 Å². The van der Waals surface area contributed by atoms with Gasteiger partial charge in [-0.3, -0.25) is 4.79 Å². The second kappa shape index (κ2) is 5.84. The van der Waals surface area contributed by atoms with E-state index in [1.54, 1.807) is 11.9 Å². The topological polar surface area (TPSA) is 32.3 Å². The molecule has 1 N–H and O–H groups in total. The summed E-state index contributed by atoms with van der Waals surface area (Å²) in [4.78, 5) is 13.8. The summed E-state index contributed by atoms with van der Waals surface area (Å²) in [5.41, 5.74) is 0.00148. The Labute approximate surface area is 115 Å². The van der Waals surface area contributed by atoms with E-state index in [9.17, 15) is 13.6 Å². The predicted octanol–water partition coefficient (Wildman–Crippen LogP) is 2.44. The lowest BCUT2D eigenvalue weighted by atomic mass is 10.0. The van der Waals surface area contributed by atoms with Gasteiger partial charge in [-0.05, 0) is 38.1 Å². The van der Waals surface area contributed by atoms with Gasteiger partial charge in [-0.15, -0.1) is 0 Å². The fourth-order valence-electron chi connectivity index (χ4n) is 2.24. The van der Waals surface area contributed by atoms with Crippen molar-refractivity contribution in [1.82, 2.24) is 10.2 Å². The Bertz CT molecular complexity index is 490. The highest BCUT2D eigenvalue weighted by Crippen LogP contribution is 2.23. The molecule has 1 heterocycles. The first-order valence-electron chi connectivity index (χ1n) is 6.13. The molecule has 0 unspecified atom stereocenters. The van der Waals surface area contributed by atoms with E-state index < -0.39 is 11.6 Å². The highest BCUT2D eigenvalue weighted by molar-refractivity contribution is 6.33. The van der Waals surface area contributed by atoms with Crippen LogP contribution in [0.1, 0.15) is 23.2 Å². The molecule has 1 aliphatic heterocycles. The van der Waals surface area contributed by atoms with Crippen LogP contribution in [0.2, 0.25) is 5.02 Å². The van der Waals surface area contributed by atoms with Crippen molar-refractivity contribution in [3.63, 3.8) is 0 Å². The van der Waals surface area contributed by atoms with Crippen LogP contribution in [0.15, 0.2) is 12.1 Å². The van der Waals surface area contributed by atoms with Crippen molar-refractivity contribution in [3.05, 3.63) is 34.4 Å². The second-order valence-corrected chi connectivity index (χ2v) is 5.05. The number of carbonyl (C=O) groups excluding carboxylic acids is 1. The number of hydrogen-bond acceptors (Lipinski definition) is 2. The Morgan fingerprint density at radius 2 is 1.89 bits per heavy atom. The number of piperidine rings is 1. The Morgan fingerprint density at radius 3 is 2.53 bits per heavy atom. The summed E-state index contributed by atoms with van der Waals surface area (Å²) in [5.74, 6) is -2.49. The van der Waals surface area contributed by atoms with Gasteiger partial charge in [0.15, 0.2) is 11.6 Å². The van der Waals surface area contributed by atoms with Crippen LogP contribution in [-0.2, 0) is 0 Å². The summed E-state index contributed by atoms with van der Waals surface area (Å²) < 4.78 is 26.2. The molecule has 0 spiro atoms. The van der Waals surface area contributed by atoms with Crippen molar-refractivity contribution >= 4 is 17.5 Å². The largest absolute Gasteiger partial charge is 0.339 e. The number of halogens is 3. The van der Waals surface area contributed by atoms with Crippen LogP contribution in [0.3, 0.4) is 0 Å². The Balaban J connectivity index is 2.21. The zero-order chi connectivity index (χ0) is 14.0. The van der Waals surface area contributed by atoms with Gasteiger partial charge >= 0.3 is 0 Å². The van der Waals surface area contributed by atoms with Gasteiger partial charge in [-0.25, -0.2) is 8.78 Å². The van der Waals surface area contributed by atoms with E-state index in [-0.39, 0.29) is 22.5 Å². The summed E-state index contributed by atoms with van der Waals surface area (Å²) >= 11 is 5.81. The molecule has 3 nitrogen and oxygen atoms in total. The Morgan fingerprint density at radius 1 is 1.32 bits per heavy atom. The summed E-state index contributed by atoms with van der Waals surface area (Å²) in [6.07, 6.45) is 1.67. The average Bonchev–Trinajstić information content (AvgIpc) is 2.42. The first-order valence-corrected chi connectivity index (χ1v) is 6.51.